The smallest absolute Gasteiger partial charge is 0.255 e. The quantitative estimate of drug-likeness (QED) is 0.821. The summed E-state index contributed by atoms with van der Waals surface area (Å²) in [4.78, 5) is 25.4. The first kappa shape index (κ1) is 17.0. The standard InChI is InChI=1S/C16H12F2N2O4S/c1-20-12-7-4-10(18)8-13(12)25(23,24)14(16(20)22)15(21)19-11-5-2-9(17)3-6-11/h2-8,14H,1H3,(H,19,21). The molecule has 6 nitrogen and oxygen atoms in total. The lowest BCUT2D eigenvalue weighted by molar-refractivity contribution is -0.124. The van der Waals surface area contributed by atoms with Crippen LogP contribution < -0.4 is 10.2 Å². The topological polar surface area (TPSA) is 83.6 Å². The van der Waals surface area contributed by atoms with Gasteiger partial charge in [-0.15, -0.1) is 0 Å². The van der Waals surface area contributed by atoms with Crippen LogP contribution in [0, 0.1) is 11.6 Å². The number of hydrogen-bond acceptors (Lipinski definition) is 4. The zero-order valence-corrected chi connectivity index (χ0v) is 13.7. The largest absolute Gasteiger partial charge is 0.324 e. The fourth-order valence-corrected chi connectivity index (χ4v) is 4.33. The van der Waals surface area contributed by atoms with E-state index in [1.165, 1.54) is 19.2 Å². The van der Waals surface area contributed by atoms with Gasteiger partial charge in [-0.3, -0.25) is 9.59 Å². The van der Waals surface area contributed by atoms with E-state index >= 15 is 0 Å². The molecule has 1 N–H and O–H groups in total. The Balaban J connectivity index is 2.02. The normalized spacial score (nSPS) is 18.6. The highest BCUT2D eigenvalue weighted by atomic mass is 32.2. The molecule has 0 bridgehead atoms. The molecule has 0 fully saturated rings. The molecule has 9 heteroatoms. The highest BCUT2D eigenvalue weighted by Gasteiger charge is 2.48. The van der Waals surface area contributed by atoms with E-state index in [-0.39, 0.29) is 11.4 Å². The lowest BCUT2D eigenvalue weighted by atomic mass is 10.2. The predicted octanol–water partition coefficient (Wildman–Crippen LogP) is 1.72. The summed E-state index contributed by atoms with van der Waals surface area (Å²) in [6, 6.07) is 7.55. The van der Waals surface area contributed by atoms with E-state index in [1.807, 2.05) is 0 Å². The van der Waals surface area contributed by atoms with Crippen molar-refractivity contribution in [3.05, 3.63) is 54.1 Å². The number of carbonyl (C=O) groups excluding carboxylic acids is 2. The minimum absolute atomic E-state index is 0.00256. The van der Waals surface area contributed by atoms with E-state index in [0.717, 1.165) is 35.2 Å². The van der Waals surface area contributed by atoms with E-state index in [9.17, 15) is 26.8 Å². The second-order valence-corrected chi connectivity index (χ2v) is 7.43. The minimum atomic E-state index is -4.43. The Bertz CT molecular complexity index is 974. The summed E-state index contributed by atoms with van der Waals surface area (Å²) in [5.74, 6) is -3.40. The molecule has 0 aliphatic carbocycles. The van der Waals surface area contributed by atoms with Gasteiger partial charge in [0, 0.05) is 12.7 Å². The molecule has 3 rings (SSSR count). The minimum Gasteiger partial charge on any atom is -0.324 e. The fourth-order valence-electron chi connectivity index (χ4n) is 2.54. The van der Waals surface area contributed by atoms with Crippen molar-refractivity contribution in [3.63, 3.8) is 0 Å². The van der Waals surface area contributed by atoms with E-state index in [2.05, 4.69) is 5.32 Å². The Morgan fingerprint density at radius 2 is 1.68 bits per heavy atom. The summed E-state index contributed by atoms with van der Waals surface area (Å²) in [6.07, 6.45) is 0. The Hall–Kier alpha value is -2.81. The molecule has 1 aliphatic heterocycles. The van der Waals surface area contributed by atoms with Crippen LogP contribution >= 0.6 is 0 Å². The average Bonchev–Trinajstić information content (AvgIpc) is 2.55. The number of nitrogens with one attached hydrogen (secondary N) is 1. The lowest BCUT2D eigenvalue weighted by Gasteiger charge is -2.30. The molecule has 0 spiro atoms. The number of amides is 2. The number of rotatable bonds is 2. The lowest BCUT2D eigenvalue weighted by Crippen LogP contribution is -2.51. The first-order chi connectivity index (χ1) is 11.7. The molecule has 1 aliphatic rings. The van der Waals surface area contributed by atoms with Crippen molar-refractivity contribution in [2.24, 2.45) is 0 Å². The van der Waals surface area contributed by atoms with Crippen molar-refractivity contribution < 1.29 is 26.8 Å². The summed E-state index contributed by atoms with van der Waals surface area (Å²) in [7, 11) is -3.13. The maximum Gasteiger partial charge on any atom is 0.255 e. The number of benzene rings is 2. The van der Waals surface area contributed by atoms with Crippen LogP contribution in [0.4, 0.5) is 20.2 Å². The maximum absolute atomic E-state index is 13.5. The van der Waals surface area contributed by atoms with Crippen molar-refractivity contribution in [1.29, 1.82) is 0 Å². The summed E-state index contributed by atoms with van der Waals surface area (Å²) in [5, 5.41) is 0.206. The van der Waals surface area contributed by atoms with Gasteiger partial charge in [-0.25, -0.2) is 17.2 Å². The van der Waals surface area contributed by atoms with Crippen LogP contribution in [-0.4, -0.2) is 32.5 Å². The molecule has 2 aromatic carbocycles. The van der Waals surface area contributed by atoms with Crippen molar-refractivity contribution in [1.82, 2.24) is 0 Å². The average molecular weight is 366 g/mol. The summed E-state index contributed by atoms with van der Waals surface area (Å²) in [6.45, 7) is 0. The summed E-state index contributed by atoms with van der Waals surface area (Å²) in [5.41, 5.74) is 0.124. The van der Waals surface area contributed by atoms with Crippen LogP contribution in [0.2, 0.25) is 0 Å². The van der Waals surface area contributed by atoms with Gasteiger partial charge in [0.05, 0.1) is 10.6 Å². The summed E-state index contributed by atoms with van der Waals surface area (Å²) < 4.78 is 51.7. The SMILES string of the molecule is CN1C(=O)C(C(=O)Nc2ccc(F)cc2)S(=O)(=O)c2cc(F)ccc21. The Morgan fingerprint density at radius 1 is 1.08 bits per heavy atom. The zero-order valence-electron chi connectivity index (χ0n) is 12.9. The predicted molar refractivity (Wildman–Crippen MR) is 85.8 cm³/mol. The van der Waals surface area contributed by atoms with Gasteiger partial charge < -0.3 is 10.2 Å². The molecule has 0 aromatic heterocycles. The molecule has 1 atom stereocenters. The van der Waals surface area contributed by atoms with Crippen molar-refractivity contribution in [2.75, 3.05) is 17.3 Å². The molecule has 0 saturated carbocycles. The third-order valence-corrected chi connectivity index (χ3v) is 5.78. The van der Waals surface area contributed by atoms with Gasteiger partial charge in [0.25, 0.3) is 11.8 Å². The summed E-state index contributed by atoms with van der Waals surface area (Å²) >= 11 is 0. The van der Waals surface area contributed by atoms with E-state index < -0.39 is 43.4 Å². The third kappa shape index (κ3) is 2.86. The number of sulfone groups is 1. The van der Waals surface area contributed by atoms with Gasteiger partial charge in [-0.1, -0.05) is 0 Å². The van der Waals surface area contributed by atoms with Gasteiger partial charge >= 0.3 is 0 Å². The van der Waals surface area contributed by atoms with Crippen LogP contribution in [0.3, 0.4) is 0 Å². The van der Waals surface area contributed by atoms with Crippen molar-refractivity contribution >= 4 is 33.0 Å². The first-order valence-corrected chi connectivity index (χ1v) is 8.64. The maximum atomic E-state index is 13.5. The van der Waals surface area contributed by atoms with Crippen molar-refractivity contribution in [3.8, 4) is 0 Å². The van der Waals surface area contributed by atoms with Crippen LogP contribution in [-0.2, 0) is 19.4 Å². The molecule has 25 heavy (non-hydrogen) atoms. The van der Waals surface area contributed by atoms with Gasteiger partial charge in [-0.2, -0.15) is 0 Å². The number of hydrogen-bond donors (Lipinski definition) is 1. The molecule has 130 valence electrons. The van der Waals surface area contributed by atoms with E-state index in [1.54, 1.807) is 0 Å². The monoisotopic (exact) mass is 366 g/mol. The highest BCUT2D eigenvalue weighted by molar-refractivity contribution is 7.94. The van der Waals surface area contributed by atoms with Crippen LogP contribution in [0.5, 0.6) is 0 Å². The number of nitrogens with zero attached hydrogens (tertiary/aromatic N) is 1. The molecule has 0 radical (unpaired) electrons. The molecule has 2 aromatic rings. The number of fused-ring (bicyclic) bond motifs is 1. The van der Waals surface area contributed by atoms with Gasteiger partial charge in [0.15, 0.2) is 0 Å². The van der Waals surface area contributed by atoms with E-state index in [0.29, 0.717) is 0 Å². The molecular weight excluding hydrogens is 354 g/mol. The van der Waals surface area contributed by atoms with Gasteiger partial charge in [0.1, 0.15) is 11.6 Å². The number of anilines is 2. The Labute approximate surface area is 142 Å². The molecule has 2 amide bonds. The molecule has 1 unspecified atom stereocenters. The van der Waals surface area contributed by atoms with Crippen LogP contribution in [0.15, 0.2) is 47.4 Å². The van der Waals surface area contributed by atoms with E-state index in [4.69, 9.17) is 0 Å². The second-order valence-electron chi connectivity index (χ2n) is 5.43. The van der Waals surface area contributed by atoms with Gasteiger partial charge in [-0.05, 0) is 42.5 Å². The van der Waals surface area contributed by atoms with Crippen LogP contribution in [0.25, 0.3) is 0 Å². The zero-order chi connectivity index (χ0) is 18.4. The third-order valence-electron chi connectivity index (χ3n) is 3.80. The highest BCUT2D eigenvalue weighted by Crippen LogP contribution is 2.34. The van der Waals surface area contributed by atoms with Crippen LogP contribution in [0.1, 0.15) is 0 Å². The van der Waals surface area contributed by atoms with Gasteiger partial charge in [0.2, 0.25) is 15.1 Å². The Kier molecular flexibility index (Phi) is 4.03. The number of carbonyl (C=O) groups is 2. The van der Waals surface area contributed by atoms with Crippen molar-refractivity contribution in [2.45, 2.75) is 10.1 Å². The molecule has 1 heterocycles. The second kappa shape index (κ2) is 5.92. The molecular formula is C16H12F2N2O4S. The fraction of sp³-hybridized carbons (Fsp3) is 0.125. The Morgan fingerprint density at radius 3 is 2.32 bits per heavy atom. The first-order valence-electron chi connectivity index (χ1n) is 7.09. The molecule has 0 saturated heterocycles. The number of halogens is 2.